The molecule has 0 saturated heterocycles. The highest BCUT2D eigenvalue weighted by Gasteiger charge is 2.18. The molecule has 438 valence electrons. The first kappa shape index (κ1) is 72.6. The van der Waals surface area contributed by atoms with Gasteiger partial charge in [0.25, 0.3) is 0 Å². The zero-order valence-electron chi connectivity index (χ0n) is 50.0. The second-order valence-electron chi connectivity index (χ2n) is 22.4. The number of rotatable bonds is 61. The van der Waals surface area contributed by atoms with Crippen molar-refractivity contribution in [1.82, 2.24) is 5.32 Å². The van der Waals surface area contributed by atoms with Crippen LogP contribution in [0, 0.1) is 0 Å². The molecular formula is C69H127NO5. The third-order valence-electron chi connectivity index (χ3n) is 15.0. The summed E-state index contributed by atoms with van der Waals surface area (Å²) in [5.74, 6) is -0.0786. The molecule has 6 nitrogen and oxygen atoms in total. The minimum atomic E-state index is -0.853. The number of amides is 1. The SMILES string of the molecule is CCCCCC/C=C\C/C=C\CCCCCCCCCC(=O)OCCCCCCCCCCC/C=C\C/C=C\CCCCCCCCCC(=O)NC(CO)C(O)/C=C/CCCCCCCCCCCCCCCCC. The Morgan fingerprint density at radius 1 is 0.373 bits per heavy atom. The number of aliphatic hydroxyl groups excluding tert-OH is 2. The summed E-state index contributed by atoms with van der Waals surface area (Å²) in [5.41, 5.74) is 0. The van der Waals surface area contributed by atoms with Gasteiger partial charge in [-0.25, -0.2) is 0 Å². The number of esters is 1. The van der Waals surface area contributed by atoms with Gasteiger partial charge in [0.15, 0.2) is 0 Å². The van der Waals surface area contributed by atoms with Gasteiger partial charge < -0.3 is 20.3 Å². The lowest BCUT2D eigenvalue weighted by Crippen LogP contribution is -2.45. The number of nitrogens with one attached hydrogen (secondary N) is 1. The Hall–Kier alpha value is -2.44. The topological polar surface area (TPSA) is 95.9 Å². The quantitative estimate of drug-likeness (QED) is 0.0320. The van der Waals surface area contributed by atoms with Crippen molar-refractivity contribution in [2.75, 3.05) is 13.2 Å². The van der Waals surface area contributed by atoms with E-state index in [1.54, 1.807) is 6.08 Å². The van der Waals surface area contributed by atoms with Crippen LogP contribution < -0.4 is 5.32 Å². The first-order valence-electron chi connectivity index (χ1n) is 33.1. The summed E-state index contributed by atoms with van der Waals surface area (Å²) in [6, 6.07) is -0.637. The number of ether oxygens (including phenoxy) is 1. The number of carbonyl (C=O) groups excluding carboxylic acids is 2. The minimum absolute atomic E-state index is 0.00112. The van der Waals surface area contributed by atoms with E-state index >= 15 is 0 Å². The van der Waals surface area contributed by atoms with Crippen LogP contribution in [0.25, 0.3) is 0 Å². The monoisotopic (exact) mass is 1050 g/mol. The summed E-state index contributed by atoms with van der Waals surface area (Å²) in [7, 11) is 0. The van der Waals surface area contributed by atoms with E-state index in [0.717, 1.165) is 70.6 Å². The third-order valence-corrected chi connectivity index (χ3v) is 15.0. The van der Waals surface area contributed by atoms with Crippen molar-refractivity contribution < 1.29 is 24.5 Å². The van der Waals surface area contributed by atoms with Crippen molar-refractivity contribution in [2.45, 2.75) is 353 Å². The largest absolute Gasteiger partial charge is 0.466 e. The summed E-state index contributed by atoms with van der Waals surface area (Å²) >= 11 is 0. The molecule has 0 aliphatic heterocycles. The van der Waals surface area contributed by atoms with Crippen LogP contribution in [-0.2, 0) is 14.3 Å². The van der Waals surface area contributed by atoms with Gasteiger partial charge in [-0.2, -0.15) is 0 Å². The van der Waals surface area contributed by atoms with E-state index in [0.29, 0.717) is 19.4 Å². The number of allylic oxidation sites excluding steroid dienone is 9. The predicted molar refractivity (Wildman–Crippen MR) is 328 cm³/mol. The zero-order valence-corrected chi connectivity index (χ0v) is 50.0. The highest BCUT2D eigenvalue weighted by molar-refractivity contribution is 5.76. The Labute approximate surface area is 467 Å². The molecule has 0 aromatic carbocycles. The lowest BCUT2D eigenvalue weighted by atomic mass is 10.0. The van der Waals surface area contributed by atoms with E-state index in [1.807, 2.05) is 6.08 Å². The maximum atomic E-state index is 12.5. The second kappa shape index (κ2) is 64.1. The van der Waals surface area contributed by atoms with Crippen molar-refractivity contribution >= 4 is 11.9 Å². The van der Waals surface area contributed by atoms with E-state index < -0.39 is 12.1 Å². The lowest BCUT2D eigenvalue weighted by molar-refractivity contribution is -0.143. The third kappa shape index (κ3) is 60.6. The smallest absolute Gasteiger partial charge is 0.305 e. The Balaban J connectivity index is 3.47. The number of unbranched alkanes of at least 4 members (excludes halogenated alkanes) is 42. The summed E-state index contributed by atoms with van der Waals surface area (Å²) in [5, 5.41) is 23.2. The van der Waals surface area contributed by atoms with Gasteiger partial charge in [-0.05, 0) is 96.3 Å². The van der Waals surface area contributed by atoms with Gasteiger partial charge in [-0.1, -0.05) is 293 Å². The number of hydrogen-bond acceptors (Lipinski definition) is 5. The summed E-state index contributed by atoms with van der Waals surface area (Å²) in [4.78, 5) is 24.6. The van der Waals surface area contributed by atoms with Crippen LogP contribution in [0.2, 0.25) is 0 Å². The average molecular weight is 1050 g/mol. The molecule has 0 bridgehead atoms. The minimum Gasteiger partial charge on any atom is -0.466 e. The maximum Gasteiger partial charge on any atom is 0.305 e. The Kier molecular flexibility index (Phi) is 62.0. The van der Waals surface area contributed by atoms with Gasteiger partial charge in [-0.3, -0.25) is 9.59 Å². The number of carbonyl (C=O) groups is 2. The fourth-order valence-electron chi connectivity index (χ4n) is 9.93. The standard InChI is InChI=1S/C69H127NO5/c1-3-5-7-9-11-13-15-17-19-21-31-35-39-43-47-51-55-59-63-69(74)75-64-60-56-52-48-44-40-36-32-28-26-24-22-23-25-27-30-34-38-42-46-50-54-58-62-68(73)70-66(65-71)67(72)61-57-53-49-45-41-37-33-29-20-18-16-14-12-10-8-6-4-2/h13,15,19,21-22,24-25,27,57,61,66-67,71-72H,3-12,14,16-18,20,23,26,28-56,58-60,62-65H2,1-2H3,(H,70,73)/b15-13-,21-19-,24-22-,27-25-,61-57+. The first-order chi connectivity index (χ1) is 37.0. The maximum absolute atomic E-state index is 12.5. The highest BCUT2D eigenvalue weighted by Crippen LogP contribution is 2.17. The molecule has 2 unspecified atom stereocenters. The van der Waals surface area contributed by atoms with Crippen molar-refractivity contribution in [1.29, 1.82) is 0 Å². The highest BCUT2D eigenvalue weighted by atomic mass is 16.5. The molecule has 0 aliphatic rings. The number of aliphatic hydroxyl groups is 2. The van der Waals surface area contributed by atoms with Crippen LogP contribution in [0.15, 0.2) is 60.8 Å². The molecule has 0 heterocycles. The fourth-order valence-corrected chi connectivity index (χ4v) is 9.93. The molecule has 75 heavy (non-hydrogen) atoms. The average Bonchev–Trinajstić information content (AvgIpc) is 3.41. The van der Waals surface area contributed by atoms with Gasteiger partial charge >= 0.3 is 5.97 Å². The molecule has 1 amide bonds. The molecule has 6 heteroatoms. The van der Waals surface area contributed by atoms with Crippen LogP contribution in [-0.4, -0.2) is 47.4 Å². The predicted octanol–water partition coefficient (Wildman–Crippen LogP) is 21.1. The lowest BCUT2D eigenvalue weighted by Gasteiger charge is -2.20. The van der Waals surface area contributed by atoms with Crippen molar-refractivity contribution in [3.63, 3.8) is 0 Å². The van der Waals surface area contributed by atoms with Crippen LogP contribution >= 0.6 is 0 Å². The molecule has 0 fully saturated rings. The first-order valence-corrected chi connectivity index (χ1v) is 33.1. The molecule has 0 radical (unpaired) electrons. The normalized spacial score (nSPS) is 13.0. The van der Waals surface area contributed by atoms with Gasteiger partial charge in [0.05, 0.1) is 25.4 Å². The van der Waals surface area contributed by atoms with E-state index in [-0.39, 0.29) is 18.5 Å². The Morgan fingerprint density at radius 3 is 1.03 bits per heavy atom. The van der Waals surface area contributed by atoms with Crippen molar-refractivity contribution in [2.24, 2.45) is 0 Å². The second-order valence-corrected chi connectivity index (χ2v) is 22.4. The van der Waals surface area contributed by atoms with Crippen molar-refractivity contribution in [3.05, 3.63) is 60.8 Å². The van der Waals surface area contributed by atoms with Crippen LogP contribution in [0.3, 0.4) is 0 Å². The van der Waals surface area contributed by atoms with E-state index in [1.165, 1.54) is 244 Å². The van der Waals surface area contributed by atoms with Gasteiger partial charge in [0.1, 0.15) is 0 Å². The van der Waals surface area contributed by atoms with Crippen LogP contribution in [0.5, 0.6) is 0 Å². The molecule has 0 saturated carbocycles. The Morgan fingerprint density at radius 2 is 0.667 bits per heavy atom. The van der Waals surface area contributed by atoms with E-state index in [4.69, 9.17) is 4.74 Å². The summed E-state index contributed by atoms with van der Waals surface area (Å²) in [6.07, 6.45) is 84.1. The molecular weight excluding hydrogens is 923 g/mol. The molecule has 0 spiro atoms. The van der Waals surface area contributed by atoms with Crippen molar-refractivity contribution in [3.8, 4) is 0 Å². The van der Waals surface area contributed by atoms with Gasteiger partial charge in [0, 0.05) is 12.8 Å². The van der Waals surface area contributed by atoms with Crippen LogP contribution in [0.4, 0.5) is 0 Å². The van der Waals surface area contributed by atoms with Gasteiger partial charge in [-0.15, -0.1) is 0 Å². The molecule has 3 N–H and O–H groups in total. The fraction of sp³-hybridized carbons (Fsp3) is 0.826. The molecule has 0 rings (SSSR count). The molecule has 0 aliphatic carbocycles. The van der Waals surface area contributed by atoms with Gasteiger partial charge in [0.2, 0.25) is 5.91 Å². The number of hydrogen-bond donors (Lipinski definition) is 3. The van der Waals surface area contributed by atoms with Crippen LogP contribution in [0.1, 0.15) is 341 Å². The summed E-state index contributed by atoms with van der Waals surface area (Å²) in [6.45, 7) is 4.89. The van der Waals surface area contributed by atoms with E-state index in [9.17, 15) is 19.8 Å². The van der Waals surface area contributed by atoms with E-state index in [2.05, 4.69) is 67.8 Å². The molecule has 2 atom stereocenters. The Bertz CT molecular complexity index is 1300. The zero-order chi connectivity index (χ0) is 54.3. The molecule has 0 aromatic heterocycles. The molecule has 0 aromatic rings. The summed E-state index contributed by atoms with van der Waals surface area (Å²) < 4.78 is 5.49.